The molecule has 1 N–H and O–H groups in total. The van der Waals surface area contributed by atoms with Crippen molar-refractivity contribution in [3.8, 4) is 5.75 Å². The molecule has 2 nitrogen and oxygen atoms in total. The van der Waals surface area contributed by atoms with Crippen LogP contribution in [0.1, 0.15) is 49.6 Å². The fraction of sp³-hybridized carbons (Fsp3) is 0.444. The molecule has 0 amide bonds. The fourth-order valence-corrected chi connectivity index (χ4v) is 2.91. The van der Waals surface area contributed by atoms with Crippen molar-refractivity contribution >= 4 is 11.3 Å². The number of ether oxygens (including phenoxy) is 1. The lowest BCUT2D eigenvalue weighted by Crippen LogP contribution is -2.17. The molecule has 0 fully saturated rings. The van der Waals surface area contributed by atoms with E-state index in [4.69, 9.17) is 4.74 Å². The van der Waals surface area contributed by atoms with Crippen molar-refractivity contribution in [3.05, 3.63) is 52.2 Å². The summed E-state index contributed by atoms with van der Waals surface area (Å²) in [6.07, 6.45) is 3.61. The van der Waals surface area contributed by atoms with E-state index in [2.05, 4.69) is 60.9 Å². The van der Waals surface area contributed by atoms with Gasteiger partial charge < -0.3 is 10.1 Å². The van der Waals surface area contributed by atoms with Crippen LogP contribution in [0.2, 0.25) is 0 Å². The summed E-state index contributed by atoms with van der Waals surface area (Å²) in [7, 11) is 0. The van der Waals surface area contributed by atoms with Crippen molar-refractivity contribution in [1.82, 2.24) is 5.32 Å². The molecule has 0 saturated carbocycles. The van der Waals surface area contributed by atoms with Gasteiger partial charge in [-0.3, -0.25) is 0 Å². The number of nitrogens with one attached hydrogen (secondary N) is 1. The summed E-state index contributed by atoms with van der Waals surface area (Å²) in [4.78, 5) is 1.38. The first kappa shape index (κ1) is 16.1. The zero-order chi connectivity index (χ0) is 14.9. The molecule has 0 saturated heterocycles. The molecule has 1 heterocycles. The summed E-state index contributed by atoms with van der Waals surface area (Å²) >= 11 is 1.80. The molecule has 1 aromatic heterocycles. The van der Waals surface area contributed by atoms with Gasteiger partial charge in [-0.2, -0.15) is 0 Å². The van der Waals surface area contributed by atoms with Gasteiger partial charge in [0.05, 0.1) is 6.61 Å². The quantitative estimate of drug-likeness (QED) is 0.645. The highest BCUT2D eigenvalue weighted by atomic mass is 32.1. The van der Waals surface area contributed by atoms with E-state index in [9.17, 15) is 0 Å². The van der Waals surface area contributed by atoms with E-state index < -0.39 is 0 Å². The molecule has 1 atom stereocenters. The Morgan fingerprint density at radius 3 is 2.62 bits per heavy atom. The lowest BCUT2D eigenvalue weighted by molar-refractivity contribution is 0.306. The highest BCUT2D eigenvalue weighted by Crippen LogP contribution is 2.19. The Hall–Kier alpha value is -1.32. The first-order chi connectivity index (χ1) is 10.3. The molecule has 2 rings (SSSR count). The van der Waals surface area contributed by atoms with E-state index in [0.717, 1.165) is 25.3 Å². The molecule has 0 spiro atoms. The third kappa shape index (κ3) is 5.52. The van der Waals surface area contributed by atoms with E-state index in [1.807, 2.05) is 0 Å². The lowest BCUT2D eigenvalue weighted by Gasteiger charge is -2.12. The third-order valence-electron chi connectivity index (χ3n) is 3.52. The number of hydrogen-bond acceptors (Lipinski definition) is 3. The molecule has 0 radical (unpaired) electrons. The zero-order valence-corrected chi connectivity index (χ0v) is 13.8. The largest absolute Gasteiger partial charge is 0.494 e. The minimum absolute atomic E-state index is 0.398. The van der Waals surface area contributed by atoms with Gasteiger partial charge in [-0.1, -0.05) is 38.0 Å². The number of unbranched alkanes of at least 4 members (excludes halogenated alkanes) is 2. The highest BCUT2D eigenvalue weighted by molar-refractivity contribution is 7.10. The van der Waals surface area contributed by atoms with Crippen molar-refractivity contribution in [2.45, 2.75) is 45.7 Å². The lowest BCUT2D eigenvalue weighted by atomic mass is 10.2. The maximum absolute atomic E-state index is 5.73. The molecular weight excluding hydrogens is 278 g/mol. The average molecular weight is 303 g/mol. The first-order valence-corrected chi connectivity index (χ1v) is 8.66. The van der Waals surface area contributed by atoms with Gasteiger partial charge in [-0.15, -0.1) is 11.3 Å². The van der Waals surface area contributed by atoms with Crippen LogP contribution in [-0.4, -0.2) is 6.61 Å². The van der Waals surface area contributed by atoms with Gasteiger partial charge in [0.2, 0.25) is 0 Å². The van der Waals surface area contributed by atoms with Crippen LogP contribution in [0.5, 0.6) is 5.75 Å². The van der Waals surface area contributed by atoms with Crippen LogP contribution in [0.15, 0.2) is 41.8 Å². The Labute approximate surface area is 132 Å². The smallest absolute Gasteiger partial charge is 0.119 e. The SMILES string of the molecule is CCCCCOc1ccc(CN[C@H](C)c2cccs2)cc1. The van der Waals surface area contributed by atoms with Gasteiger partial charge in [0.25, 0.3) is 0 Å². The molecule has 3 heteroatoms. The van der Waals surface area contributed by atoms with Crippen LogP contribution in [-0.2, 0) is 6.54 Å². The summed E-state index contributed by atoms with van der Waals surface area (Å²) in [5, 5.41) is 5.67. The predicted octanol–water partition coefficient (Wildman–Crippen LogP) is 5.17. The maximum Gasteiger partial charge on any atom is 0.119 e. The van der Waals surface area contributed by atoms with Gasteiger partial charge in [-0.05, 0) is 42.5 Å². The Balaban J connectivity index is 1.74. The molecule has 0 unspecified atom stereocenters. The van der Waals surface area contributed by atoms with Crippen molar-refractivity contribution in [1.29, 1.82) is 0 Å². The van der Waals surface area contributed by atoms with E-state index >= 15 is 0 Å². The van der Waals surface area contributed by atoms with Crippen molar-refractivity contribution < 1.29 is 4.74 Å². The Kier molecular flexibility index (Phi) is 6.77. The molecular formula is C18H25NOS. The Morgan fingerprint density at radius 2 is 1.95 bits per heavy atom. The summed E-state index contributed by atoms with van der Waals surface area (Å²) in [5.74, 6) is 0.973. The van der Waals surface area contributed by atoms with Gasteiger partial charge in [0.15, 0.2) is 0 Å². The monoisotopic (exact) mass is 303 g/mol. The van der Waals surface area contributed by atoms with Crippen LogP contribution in [0.25, 0.3) is 0 Å². The minimum Gasteiger partial charge on any atom is -0.494 e. The molecule has 114 valence electrons. The van der Waals surface area contributed by atoms with Gasteiger partial charge in [0, 0.05) is 17.5 Å². The van der Waals surface area contributed by atoms with Gasteiger partial charge in [0.1, 0.15) is 5.75 Å². The van der Waals surface area contributed by atoms with Crippen LogP contribution < -0.4 is 10.1 Å². The van der Waals surface area contributed by atoms with Gasteiger partial charge in [-0.25, -0.2) is 0 Å². The molecule has 0 aliphatic heterocycles. The summed E-state index contributed by atoms with van der Waals surface area (Å²) in [5.41, 5.74) is 1.29. The highest BCUT2D eigenvalue weighted by Gasteiger charge is 2.05. The number of hydrogen-bond donors (Lipinski definition) is 1. The standard InChI is InChI=1S/C18H25NOS/c1-3-4-5-12-20-17-10-8-16(9-11-17)14-19-15(2)18-7-6-13-21-18/h6-11,13,15,19H,3-5,12,14H2,1-2H3/t15-/m1/s1. The minimum atomic E-state index is 0.398. The summed E-state index contributed by atoms with van der Waals surface area (Å²) in [6.45, 7) is 6.12. The van der Waals surface area contributed by atoms with E-state index in [1.54, 1.807) is 11.3 Å². The number of benzene rings is 1. The predicted molar refractivity (Wildman–Crippen MR) is 91.0 cm³/mol. The molecule has 0 aliphatic rings. The van der Waals surface area contributed by atoms with E-state index in [-0.39, 0.29) is 0 Å². The second-order valence-corrected chi connectivity index (χ2v) is 6.30. The van der Waals surface area contributed by atoms with Crippen LogP contribution in [0, 0.1) is 0 Å². The molecule has 21 heavy (non-hydrogen) atoms. The zero-order valence-electron chi connectivity index (χ0n) is 13.0. The summed E-state index contributed by atoms with van der Waals surface area (Å²) in [6, 6.07) is 13.1. The normalized spacial score (nSPS) is 12.3. The van der Waals surface area contributed by atoms with Crippen LogP contribution >= 0.6 is 11.3 Å². The van der Waals surface area contributed by atoms with Crippen LogP contribution in [0.4, 0.5) is 0 Å². The fourth-order valence-electron chi connectivity index (χ4n) is 2.15. The van der Waals surface area contributed by atoms with E-state index in [0.29, 0.717) is 6.04 Å². The molecule has 2 aromatic rings. The molecule has 0 bridgehead atoms. The maximum atomic E-state index is 5.73. The summed E-state index contributed by atoms with van der Waals surface area (Å²) < 4.78 is 5.73. The molecule has 1 aromatic carbocycles. The number of rotatable bonds is 9. The first-order valence-electron chi connectivity index (χ1n) is 7.78. The van der Waals surface area contributed by atoms with Crippen molar-refractivity contribution in [3.63, 3.8) is 0 Å². The van der Waals surface area contributed by atoms with Crippen molar-refractivity contribution in [2.24, 2.45) is 0 Å². The Morgan fingerprint density at radius 1 is 1.14 bits per heavy atom. The third-order valence-corrected chi connectivity index (χ3v) is 4.58. The topological polar surface area (TPSA) is 21.3 Å². The average Bonchev–Trinajstić information content (AvgIpc) is 3.05. The second kappa shape index (κ2) is 8.85. The Bertz CT molecular complexity index is 492. The number of thiophene rings is 1. The van der Waals surface area contributed by atoms with E-state index in [1.165, 1.54) is 23.3 Å². The van der Waals surface area contributed by atoms with Crippen molar-refractivity contribution in [2.75, 3.05) is 6.61 Å². The van der Waals surface area contributed by atoms with Crippen LogP contribution in [0.3, 0.4) is 0 Å². The second-order valence-electron chi connectivity index (χ2n) is 5.32. The molecule has 0 aliphatic carbocycles. The van der Waals surface area contributed by atoms with Gasteiger partial charge >= 0.3 is 0 Å².